The minimum absolute atomic E-state index is 0.0222. The standard InChI is InChI=1S/C22H27N3O4/c1-27-19-11-16-5-8-25(14-17(16)12-20(19)28-2)21-4-3-18(13-23-21)24-22(26)15-6-9-29-10-7-15/h3-4,11-13,15H,5-10,14H2,1-2H3,(H,24,26). The van der Waals surface area contributed by atoms with Crippen LogP contribution < -0.4 is 19.7 Å². The third kappa shape index (κ3) is 4.29. The van der Waals surface area contributed by atoms with Gasteiger partial charge in [-0.25, -0.2) is 4.98 Å². The highest BCUT2D eigenvalue weighted by molar-refractivity contribution is 5.92. The Hall–Kier alpha value is -2.80. The molecule has 0 atom stereocenters. The lowest BCUT2D eigenvalue weighted by Crippen LogP contribution is -2.31. The lowest BCUT2D eigenvalue weighted by molar-refractivity contribution is -0.122. The molecule has 0 aliphatic carbocycles. The van der Waals surface area contributed by atoms with Crippen molar-refractivity contribution in [3.8, 4) is 11.5 Å². The van der Waals surface area contributed by atoms with Crippen molar-refractivity contribution in [1.29, 1.82) is 0 Å². The number of rotatable bonds is 5. The topological polar surface area (TPSA) is 72.9 Å². The fourth-order valence-corrected chi connectivity index (χ4v) is 3.93. The lowest BCUT2D eigenvalue weighted by atomic mass is 9.98. The number of ether oxygens (including phenoxy) is 3. The van der Waals surface area contributed by atoms with Crippen LogP contribution in [0.4, 0.5) is 11.5 Å². The molecular weight excluding hydrogens is 370 g/mol. The van der Waals surface area contributed by atoms with Gasteiger partial charge in [0, 0.05) is 32.2 Å². The molecule has 0 bridgehead atoms. The molecule has 2 aliphatic heterocycles. The summed E-state index contributed by atoms with van der Waals surface area (Å²) in [4.78, 5) is 19.2. The second kappa shape index (κ2) is 8.69. The SMILES string of the molecule is COc1cc2c(cc1OC)CN(c1ccc(NC(=O)C3CCOCC3)cn1)CC2. The van der Waals surface area contributed by atoms with E-state index in [4.69, 9.17) is 14.2 Å². The summed E-state index contributed by atoms with van der Waals surface area (Å²) in [5, 5.41) is 2.98. The molecule has 1 aromatic carbocycles. The van der Waals surface area contributed by atoms with E-state index in [9.17, 15) is 4.79 Å². The molecule has 1 saturated heterocycles. The van der Waals surface area contributed by atoms with E-state index in [-0.39, 0.29) is 11.8 Å². The van der Waals surface area contributed by atoms with E-state index < -0.39 is 0 Å². The number of nitrogens with zero attached hydrogens (tertiary/aromatic N) is 2. The summed E-state index contributed by atoms with van der Waals surface area (Å²) in [6, 6.07) is 7.99. The smallest absolute Gasteiger partial charge is 0.227 e. The lowest BCUT2D eigenvalue weighted by Gasteiger charge is -2.30. The maximum absolute atomic E-state index is 12.4. The second-order valence-electron chi connectivity index (χ2n) is 7.43. The number of hydrogen-bond donors (Lipinski definition) is 1. The molecule has 0 spiro atoms. The summed E-state index contributed by atoms with van der Waals surface area (Å²) >= 11 is 0. The van der Waals surface area contributed by atoms with Gasteiger partial charge in [-0.05, 0) is 54.7 Å². The highest BCUT2D eigenvalue weighted by Crippen LogP contribution is 2.34. The van der Waals surface area contributed by atoms with Crippen molar-refractivity contribution in [3.63, 3.8) is 0 Å². The van der Waals surface area contributed by atoms with Crippen LogP contribution in [0.15, 0.2) is 30.5 Å². The molecular formula is C22H27N3O4. The van der Waals surface area contributed by atoms with Crippen LogP contribution in [-0.2, 0) is 22.5 Å². The number of carbonyl (C=O) groups is 1. The average molecular weight is 397 g/mol. The van der Waals surface area contributed by atoms with Crippen LogP contribution >= 0.6 is 0 Å². The Labute approximate surface area is 171 Å². The van der Waals surface area contributed by atoms with Crippen molar-refractivity contribution in [2.24, 2.45) is 5.92 Å². The number of fused-ring (bicyclic) bond motifs is 1. The number of anilines is 2. The molecule has 29 heavy (non-hydrogen) atoms. The Bertz CT molecular complexity index is 863. The second-order valence-corrected chi connectivity index (χ2v) is 7.43. The van der Waals surface area contributed by atoms with Crippen LogP contribution in [0.5, 0.6) is 11.5 Å². The molecule has 2 aromatic rings. The van der Waals surface area contributed by atoms with Gasteiger partial charge in [-0.2, -0.15) is 0 Å². The largest absolute Gasteiger partial charge is 0.493 e. The first kappa shape index (κ1) is 19.5. The first-order valence-corrected chi connectivity index (χ1v) is 10.0. The van der Waals surface area contributed by atoms with Crippen molar-refractivity contribution >= 4 is 17.4 Å². The van der Waals surface area contributed by atoms with E-state index >= 15 is 0 Å². The molecule has 4 rings (SSSR count). The number of nitrogens with one attached hydrogen (secondary N) is 1. The normalized spacial score (nSPS) is 16.8. The molecule has 1 amide bonds. The van der Waals surface area contributed by atoms with Crippen molar-refractivity contribution in [2.75, 3.05) is 44.2 Å². The van der Waals surface area contributed by atoms with Gasteiger partial charge in [0.05, 0.1) is 26.1 Å². The number of pyridine rings is 1. The van der Waals surface area contributed by atoms with Crippen molar-refractivity contribution in [2.45, 2.75) is 25.8 Å². The summed E-state index contributed by atoms with van der Waals surface area (Å²) in [5.41, 5.74) is 3.22. The van der Waals surface area contributed by atoms with Crippen LogP contribution in [0.25, 0.3) is 0 Å². The number of benzene rings is 1. The van der Waals surface area contributed by atoms with E-state index in [0.717, 1.165) is 55.4 Å². The predicted molar refractivity (Wildman–Crippen MR) is 111 cm³/mol. The number of carbonyl (C=O) groups excluding carboxylic acids is 1. The highest BCUT2D eigenvalue weighted by Gasteiger charge is 2.23. The van der Waals surface area contributed by atoms with Gasteiger partial charge in [0.25, 0.3) is 0 Å². The summed E-state index contributed by atoms with van der Waals surface area (Å²) < 4.78 is 16.2. The van der Waals surface area contributed by atoms with Gasteiger partial charge in [-0.1, -0.05) is 0 Å². The molecule has 3 heterocycles. The Morgan fingerprint density at radius 2 is 1.86 bits per heavy atom. The molecule has 1 aromatic heterocycles. The Morgan fingerprint density at radius 1 is 1.14 bits per heavy atom. The van der Waals surface area contributed by atoms with Gasteiger partial charge in [0.15, 0.2) is 11.5 Å². The van der Waals surface area contributed by atoms with E-state index in [1.807, 2.05) is 18.2 Å². The zero-order valence-corrected chi connectivity index (χ0v) is 16.9. The van der Waals surface area contributed by atoms with E-state index in [0.29, 0.717) is 13.2 Å². The number of amides is 1. The third-order valence-corrected chi connectivity index (χ3v) is 5.65. The van der Waals surface area contributed by atoms with Gasteiger partial charge in [0.1, 0.15) is 5.82 Å². The predicted octanol–water partition coefficient (Wildman–Crippen LogP) is 3.03. The van der Waals surface area contributed by atoms with Crippen LogP contribution in [0.2, 0.25) is 0 Å². The first-order chi connectivity index (χ1) is 14.2. The quantitative estimate of drug-likeness (QED) is 0.836. The summed E-state index contributed by atoms with van der Waals surface area (Å²) in [6.45, 7) is 2.95. The van der Waals surface area contributed by atoms with Crippen molar-refractivity contribution < 1.29 is 19.0 Å². The minimum Gasteiger partial charge on any atom is -0.493 e. The Kier molecular flexibility index (Phi) is 5.85. The summed E-state index contributed by atoms with van der Waals surface area (Å²) in [7, 11) is 3.31. The molecule has 2 aliphatic rings. The average Bonchev–Trinajstić information content (AvgIpc) is 2.78. The van der Waals surface area contributed by atoms with Crippen LogP contribution in [0.1, 0.15) is 24.0 Å². The van der Waals surface area contributed by atoms with Gasteiger partial charge >= 0.3 is 0 Å². The maximum atomic E-state index is 12.4. The zero-order chi connectivity index (χ0) is 20.2. The molecule has 7 nitrogen and oxygen atoms in total. The third-order valence-electron chi connectivity index (χ3n) is 5.65. The van der Waals surface area contributed by atoms with Gasteiger partial charge in [-0.3, -0.25) is 4.79 Å². The van der Waals surface area contributed by atoms with E-state index in [1.165, 1.54) is 11.1 Å². The minimum atomic E-state index is 0.0222. The molecule has 0 unspecified atom stereocenters. The van der Waals surface area contributed by atoms with Crippen LogP contribution in [0.3, 0.4) is 0 Å². The van der Waals surface area contributed by atoms with Crippen LogP contribution in [0, 0.1) is 5.92 Å². The Morgan fingerprint density at radius 3 is 2.52 bits per heavy atom. The summed E-state index contributed by atoms with van der Waals surface area (Å²) in [5.74, 6) is 2.48. The van der Waals surface area contributed by atoms with Gasteiger partial charge in [-0.15, -0.1) is 0 Å². The van der Waals surface area contributed by atoms with E-state index in [2.05, 4.69) is 21.3 Å². The van der Waals surface area contributed by atoms with Crippen molar-refractivity contribution in [3.05, 3.63) is 41.6 Å². The van der Waals surface area contributed by atoms with E-state index in [1.54, 1.807) is 20.4 Å². The molecule has 0 radical (unpaired) electrons. The first-order valence-electron chi connectivity index (χ1n) is 10.0. The number of hydrogen-bond acceptors (Lipinski definition) is 6. The van der Waals surface area contributed by atoms with Gasteiger partial charge in [0.2, 0.25) is 5.91 Å². The zero-order valence-electron chi connectivity index (χ0n) is 16.9. The molecule has 0 saturated carbocycles. The van der Waals surface area contributed by atoms with Crippen LogP contribution in [-0.4, -0.2) is 44.9 Å². The van der Waals surface area contributed by atoms with Gasteiger partial charge < -0.3 is 24.4 Å². The summed E-state index contributed by atoms with van der Waals surface area (Å²) in [6.07, 6.45) is 4.20. The molecule has 154 valence electrons. The monoisotopic (exact) mass is 397 g/mol. The fraction of sp³-hybridized carbons (Fsp3) is 0.455. The highest BCUT2D eigenvalue weighted by atomic mass is 16.5. The fourth-order valence-electron chi connectivity index (χ4n) is 3.93. The van der Waals surface area contributed by atoms with Crippen molar-refractivity contribution in [1.82, 2.24) is 4.98 Å². The number of methoxy groups -OCH3 is 2. The molecule has 7 heteroatoms. The number of aromatic nitrogens is 1. The molecule has 1 fully saturated rings. The molecule has 1 N–H and O–H groups in total. The Balaban J connectivity index is 1.42. The maximum Gasteiger partial charge on any atom is 0.227 e.